The van der Waals surface area contributed by atoms with E-state index in [1.54, 1.807) is 14.2 Å². The monoisotopic (exact) mass is 382 g/mol. The predicted octanol–water partition coefficient (Wildman–Crippen LogP) is 4.71. The molecule has 6 heteroatoms. The number of Topliss-reactive ketones (excluding diaryl/α,β-unsaturated/α-hetero) is 1. The number of methoxy groups -OCH3 is 2. The van der Waals surface area contributed by atoms with E-state index in [0.29, 0.717) is 11.5 Å². The summed E-state index contributed by atoms with van der Waals surface area (Å²) in [7, 11) is 1.46. The quantitative estimate of drug-likeness (QED) is 0.610. The zero-order chi connectivity index (χ0) is 18.7. The van der Waals surface area contributed by atoms with Crippen LogP contribution < -0.4 is 9.47 Å². The van der Waals surface area contributed by atoms with Gasteiger partial charge in [0.1, 0.15) is 0 Å². The van der Waals surface area contributed by atoms with Gasteiger partial charge in [-0.05, 0) is 62.7 Å². The summed E-state index contributed by atoms with van der Waals surface area (Å²) in [5.74, 6) is 1.43. The van der Waals surface area contributed by atoms with E-state index < -0.39 is 13.9 Å². The SMILES string of the molecule is COc1ccc(CCCC2(O[Si](C)(C)C)C=C(Cl)C(=O)C2)cc1OC. The van der Waals surface area contributed by atoms with Crippen LogP contribution in [0.1, 0.15) is 24.8 Å². The van der Waals surface area contributed by atoms with E-state index in [1.807, 2.05) is 24.3 Å². The number of carbonyl (C=O) groups excluding carboxylic acids is 1. The fourth-order valence-corrected chi connectivity index (χ4v) is 4.95. The van der Waals surface area contributed by atoms with E-state index in [9.17, 15) is 4.79 Å². The van der Waals surface area contributed by atoms with Crippen LogP contribution in [-0.4, -0.2) is 33.9 Å². The topological polar surface area (TPSA) is 44.8 Å². The fourth-order valence-electron chi connectivity index (χ4n) is 3.23. The van der Waals surface area contributed by atoms with Gasteiger partial charge in [0, 0.05) is 6.42 Å². The lowest BCUT2D eigenvalue weighted by molar-refractivity contribution is -0.116. The van der Waals surface area contributed by atoms with E-state index in [4.69, 9.17) is 25.5 Å². The average Bonchev–Trinajstić information content (AvgIpc) is 2.79. The molecule has 138 valence electrons. The summed E-state index contributed by atoms with van der Waals surface area (Å²) < 4.78 is 17.0. The molecule has 0 amide bonds. The van der Waals surface area contributed by atoms with Crippen molar-refractivity contribution < 1.29 is 18.7 Å². The summed E-state index contributed by atoms with van der Waals surface area (Å²) in [6.45, 7) is 6.40. The second-order valence-electron chi connectivity index (χ2n) is 7.41. The highest BCUT2D eigenvalue weighted by Gasteiger charge is 2.41. The smallest absolute Gasteiger partial charge is 0.184 e. The Kier molecular flexibility index (Phi) is 6.35. The molecular weight excluding hydrogens is 356 g/mol. The molecule has 25 heavy (non-hydrogen) atoms. The number of aryl methyl sites for hydroxylation is 1. The van der Waals surface area contributed by atoms with Gasteiger partial charge in [0.15, 0.2) is 25.6 Å². The zero-order valence-electron chi connectivity index (χ0n) is 15.6. The van der Waals surface area contributed by atoms with Gasteiger partial charge < -0.3 is 13.9 Å². The van der Waals surface area contributed by atoms with Crippen LogP contribution in [0.4, 0.5) is 0 Å². The molecule has 0 saturated carbocycles. The van der Waals surface area contributed by atoms with Crippen LogP contribution in [0.5, 0.6) is 11.5 Å². The van der Waals surface area contributed by atoms with Gasteiger partial charge in [-0.1, -0.05) is 17.7 Å². The minimum absolute atomic E-state index is 0.0222. The molecule has 1 aliphatic rings. The van der Waals surface area contributed by atoms with Gasteiger partial charge in [-0.3, -0.25) is 4.79 Å². The molecule has 0 aromatic heterocycles. The van der Waals surface area contributed by atoms with Crippen LogP contribution in [-0.2, 0) is 15.6 Å². The first-order chi connectivity index (χ1) is 11.7. The molecule has 1 unspecified atom stereocenters. The normalized spacial score (nSPS) is 20.6. The van der Waals surface area contributed by atoms with E-state index in [2.05, 4.69) is 19.6 Å². The maximum atomic E-state index is 12.0. The number of rotatable bonds is 8. The summed E-state index contributed by atoms with van der Waals surface area (Å²) in [6, 6.07) is 5.95. The Hall–Kier alpha value is -1.30. The first kappa shape index (κ1) is 20.0. The van der Waals surface area contributed by atoms with Gasteiger partial charge >= 0.3 is 0 Å². The molecule has 0 fully saturated rings. The van der Waals surface area contributed by atoms with Crippen molar-refractivity contribution >= 4 is 25.7 Å². The van der Waals surface area contributed by atoms with Crippen LogP contribution in [0.2, 0.25) is 19.6 Å². The Bertz CT molecular complexity index is 666. The van der Waals surface area contributed by atoms with Crippen LogP contribution in [0, 0.1) is 0 Å². The zero-order valence-corrected chi connectivity index (χ0v) is 17.4. The third-order valence-electron chi connectivity index (χ3n) is 4.14. The minimum Gasteiger partial charge on any atom is -0.493 e. The van der Waals surface area contributed by atoms with Crippen LogP contribution >= 0.6 is 11.6 Å². The van der Waals surface area contributed by atoms with Crippen molar-refractivity contribution in [2.24, 2.45) is 0 Å². The standard InChI is InChI=1S/C19H27ClO4Si/c1-22-17-9-8-14(11-18(17)23-2)7-6-10-19(24-25(3,4)5)12-15(20)16(21)13-19/h8-9,11-12H,6-7,10,13H2,1-5H3. The van der Waals surface area contributed by atoms with Crippen molar-refractivity contribution in [2.45, 2.75) is 50.9 Å². The average molecular weight is 383 g/mol. The first-order valence-corrected chi connectivity index (χ1v) is 12.3. The number of halogens is 1. The Balaban J connectivity index is 2.06. The second kappa shape index (κ2) is 7.93. The fraction of sp³-hybridized carbons (Fsp3) is 0.526. The van der Waals surface area contributed by atoms with E-state index >= 15 is 0 Å². The van der Waals surface area contributed by atoms with Gasteiger partial charge in [0.05, 0.1) is 24.9 Å². The summed E-state index contributed by atoms with van der Waals surface area (Å²) in [4.78, 5) is 12.0. The number of ketones is 1. The molecule has 0 bridgehead atoms. The largest absolute Gasteiger partial charge is 0.493 e. The Morgan fingerprint density at radius 1 is 1.16 bits per heavy atom. The number of ether oxygens (including phenoxy) is 2. The number of allylic oxidation sites excluding steroid dienone is 1. The van der Waals surface area contributed by atoms with Crippen molar-refractivity contribution in [2.75, 3.05) is 14.2 Å². The van der Waals surface area contributed by atoms with Crippen LogP contribution in [0.3, 0.4) is 0 Å². The highest BCUT2D eigenvalue weighted by molar-refractivity contribution is 6.69. The van der Waals surface area contributed by atoms with Crippen molar-refractivity contribution in [3.8, 4) is 11.5 Å². The lowest BCUT2D eigenvalue weighted by Gasteiger charge is -2.34. The van der Waals surface area contributed by atoms with Gasteiger partial charge in [-0.2, -0.15) is 0 Å². The number of carbonyl (C=O) groups is 1. The molecule has 0 aliphatic heterocycles. The van der Waals surface area contributed by atoms with E-state index in [0.717, 1.165) is 30.8 Å². The second-order valence-corrected chi connectivity index (χ2v) is 12.3. The maximum Gasteiger partial charge on any atom is 0.184 e. The minimum atomic E-state index is -1.80. The lowest BCUT2D eigenvalue weighted by Crippen LogP contribution is -2.41. The van der Waals surface area contributed by atoms with Gasteiger partial charge in [0.2, 0.25) is 0 Å². The van der Waals surface area contributed by atoms with Crippen molar-refractivity contribution in [3.05, 3.63) is 34.9 Å². The summed E-state index contributed by atoms with van der Waals surface area (Å²) in [5, 5.41) is 0.310. The first-order valence-electron chi connectivity index (χ1n) is 8.51. The van der Waals surface area contributed by atoms with Gasteiger partial charge in [-0.25, -0.2) is 0 Å². The maximum absolute atomic E-state index is 12.0. The summed E-state index contributed by atoms with van der Waals surface area (Å²) in [5.41, 5.74) is 0.620. The summed E-state index contributed by atoms with van der Waals surface area (Å²) >= 11 is 6.06. The predicted molar refractivity (Wildman–Crippen MR) is 103 cm³/mol. The van der Waals surface area contributed by atoms with Crippen molar-refractivity contribution in [1.82, 2.24) is 0 Å². The van der Waals surface area contributed by atoms with Crippen molar-refractivity contribution in [3.63, 3.8) is 0 Å². The molecule has 0 spiro atoms. The molecule has 0 N–H and O–H groups in total. The number of hydrogen-bond acceptors (Lipinski definition) is 4. The van der Waals surface area contributed by atoms with Crippen LogP contribution in [0.25, 0.3) is 0 Å². The Labute approximate surface area is 156 Å². The van der Waals surface area contributed by atoms with E-state index in [1.165, 1.54) is 5.56 Å². The molecule has 4 nitrogen and oxygen atoms in total. The third kappa shape index (κ3) is 5.33. The Morgan fingerprint density at radius 2 is 1.84 bits per heavy atom. The van der Waals surface area contributed by atoms with Gasteiger partial charge in [0.25, 0.3) is 0 Å². The molecule has 1 atom stereocenters. The number of hydrogen-bond donors (Lipinski definition) is 0. The molecule has 1 aromatic carbocycles. The molecule has 1 aliphatic carbocycles. The molecule has 0 radical (unpaired) electrons. The highest BCUT2D eigenvalue weighted by atomic mass is 35.5. The molecular formula is C19H27ClO4Si. The molecule has 2 rings (SSSR count). The molecule has 0 heterocycles. The Morgan fingerprint density at radius 3 is 2.36 bits per heavy atom. The van der Waals surface area contributed by atoms with Gasteiger partial charge in [-0.15, -0.1) is 0 Å². The van der Waals surface area contributed by atoms with Crippen molar-refractivity contribution in [1.29, 1.82) is 0 Å². The highest BCUT2D eigenvalue weighted by Crippen LogP contribution is 2.38. The lowest BCUT2D eigenvalue weighted by atomic mass is 9.94. The van der Waals surface area contributed by atoms with E-state index in [-0.39, 0.29) is 5.78 Å². The number of benzene rings is 1. The molecule has 0 saturated heterocycles. The molecule has 1 aromatic rings. The van der Waals surface area contributed by atoms with Crippen LogP contribution in [0.15, 0.2) is 29.3 Å². The summed E-state index contributed by atoms with van der Waals surface area (Å²) in [6.07, 6.45) is 4.71. The third-order valence-corrected chi connectivity index (χ3v) is 5.48.